The minimum atomic E-state index is -1.98. The summed E-state index contributed by atoms with van der Waals surface area (Å²) in [6, 6.07) is -0.997. The van der Waals surface area contributed by atoms with Gasteiger partial charge in [-0.1, -0.05) is 107 Å². The van der Waals surface area contributed by atoms with Gasteiger partial charge >= 0.3 is 0 Å². The Balaban J connectivity index is 1.56. The van der Waals surface area contributed by atoms with Crippen molar-refractivity contribution in [2.45, 2.75) is 234 Å². The van der Waals surface area contributed by atoms with E-state index in [1.54, 1.807) is 12.2 Å². The summed E-state index contributed by atoms with van der Waals surface area (Å²) in [4.78, 5) is 13.2. The number of hydrogen-bond acceptors (Lipinski definition) is 18. The van der Waals surface area contributed by atoms with Gasteiger partial charge in [0.25, 0.3) is 0 Å². The Morgan fingerprint density at radius 3 is 1.54 bits per heavy atom. The van der Waals surface area contributed by atoms with Crippen LogP contribution in [0, 0.1) is 0 Å². The van der Waals surface area contributed by atoms with Gasteiger partial charge in [0.05, 0.1) is 38.6 Å². The summed E-state index contributed by atoms with van der Waals surface area (Å²) in [5, 5.41) is 119. The SMILES string of the molecule is C/C=C/CC/C=C/CC/C=C/C(O)C(COC1OC(CO)C(OC2OC(CO)C(OC3OC(CO)C(O)C(O)C3O)C(O)C2O)C(O)C1O)NC(=O)CCCCCCC/C=C\CCCCCCCC. The molecule has 3 aliphatic rings. The molecule has 69 heavy (non-hydrogen) atoms. The Hall–Kier alpha value is -2.25. The van der Waals surface area contributed by atoms with Crippen molar-refractivity contribution in [3.63, 3.8) is 0 Å². The number of rotatable bonds is 34. The van der Waals surface area contributed by atoms with E-state index >= 15 is 0 Å². The Bertz CT molecular complexity index is 1460. The van der Waals surface area contributed by atoms with Crippen molar-refractivity contribution in [1.29, 1.82) is 0 Å². The van der Waals surface area contributed by atoms with Crippen LogP contribution in [0.15, 0.2) is 48.6 Å². The fraction of sp³-hybridized carbons (Fsp3) is 0.820. The maximum Gasteiger partial charge on any atom is 0.220 e. The third-order valence-electron chi connectivity index (χ3n) is 12.7. The number of aliphatic hydroxyl groups is 11. The number of aliphatic hydroxyl groups excluding tert-OH is 11. The predicted molar refractivity (Wildman–Crippen MR) is 254 cm³/mol. The van der Waals surface area contributed by atoms with Gasteiger partial charge in [-0.2, -0.15) is 0 Å². The zero-order chi connectivity index (χ0) is 50.6. The Kier molecular flexibility index (Phi) is 31.0. The Morgan fingerprint density at radius 2 is 0.986 bits per heavy atom. The van der Waals surface area contributed by atoms with Gasteiger partial charge < -0.3 is 89.9 Å². The number of carbonyl (C=O) groups is 1. The molecule has 12 N–H and O–H groups in total. The molecule has 3 heterocycles. The highest BCUT2D eigenvalue weighted by atomic mass is 16.8. The number of hydrogen-bond donors (Lipinski definition) is 12. The molecule has 17 atom stereocenters. The number of unbranched alkanes of at least 4 members (excludes halogenated alkanes) is 13. The lowest BCUT2D eigenvalue weighted by molar-refractivity contribution is -0.379. The van der Waals surface area contributed by atoms with Gasteiger partial charge in [-0.15, -0.1) is 0 Å². The number of carbonyl (C=O) groups excluding carboxylic acids is 1. The van der Waals surface area contributed by atoms with Gasteiger partial charge in [0.15, 0.2) is 18.9 Å². The summed E-state index contributed by atoms with van der Waals surface area (Å²) in [5.41, 5.74) is 0. The van der Waals surface area contributed by atoms with Crippen LogP contribution in [0.4, 0.5) is 0 Å². The molecule has 0 radical (unpaired) electrons. The van der Waals surface area contributed by atoms with E-state index in [1.807, 2.05) is 13.0 Å². The van der Waals surface area contributed by atoms with Crippen LogP contribution in [0.25, 0.3) is 0 Å². The standard InChI is InChI=1S/C50H87NO18/c1-3-5-7-9-11-13-14-15-16-17-18-20-22-24-26-28-38(56)51-33(34(55)27-25-23-21-19-12-10-8-6-4-2)32-64-48-44(62)41(59)46(36(30-53)66-48)69-50-45(63)42(60)47(37(31-54)67-50)68-49-43(61)40(58)39(57)35(29-52)65-49/h4,6,12,15-16,19,25,27,33-37,39-50,52-55,57-63H,3,5,7-11,13-14,17-18,20-24,26,28-32H2,1-2H3,(H,51,56)/b6-4+,16-15-,19-12+,27-25+. The van der Waals surface area contributed by atoms with Crippen LogP contribution in [-0.2, 0) is 33.2 Å². The number of allylic oxidation sites excluding steroid dienone is 7. The molecule has 19 nitrogen and oxygen atoms in total. The highest BCUT2D eigenvalue weighted by Gasteiger charge is 2.53. The monoisotopic (exact) mass is 990 g/mol. The second kappa shape index (κ2) is 35.0. The predicted octanol–water partition coefficient (Wildman–Crippen LogP) is 1.58. The van der Waals surface area contributed by atoms with Crippen molar-refractivity contribution in [3.8, 4) is 0 Å². The lowest BCUT2D eigenvalue weighted by Gasteiger charge is -2.48. The molecule has 3 aliphatic heterocycles. The Labute approximate surface area is 408 Å². The van der Waals surface area contributed by atoms with E-state index < -0.39 is 124 Å². The van der Waals surface area contributed by atoms with Crippen LogP contribution in [0.2, 0.25) is 0 Å². The minimum Gasteiger partial charge on any atom is -0.394 e. The molecule has 17 unspecified atom stereocenters. The summed E-state index contributed by atoms with van der Waals surface area (Å²) in [6.07, 6.45) is 7.25. The normalized spacial score (nSPS) is 33.3. The average molecular weight is 990 g/mol. The molecular formula is C50H87NO18. The maximum absolute atomic E-state index is 13.2. The van der Waals surface area contributed by atoms with Crippen LogP contribution in [-0.4, -0.2) is 193 Å². The van der Waals surface area contributed by atoms with Crippen molar-refractivity contribution in [2.24, 2.45) is 0 Å². The first kappa shape index (κ1) is 61.1. The quantitative estimate of drug-likeness (QED) is 0.0322. The van der Waals surface area contributed by atoms with Crippen LogP contribution < -0.4 is 5.32 Å². The van der Waals surface area contributed by atoms with E-state index in [0.717, 1.165) is 57.8 Å². The molecule has 19 heteroatoms. The van der Waals surface area contributed by atoms with Crippen LogP contribution in [0.5, 0.6) is 0 Å². The molecule has 400 valence electrons. The smallest absolute Gasteiger partial charge is 0.220 e. The van der Waals surface area contributed by atoms with Crippen molar-refractivity contribution < 1.29 is 89.4 Å². The largest absolute Gasteiger partial charge is 0.394 e. The van der Waals surface area contributed by atoms with Crippen LogP contribution in [0.1, 0.15) is 129 Å². The van der Waals surface area contributed by atoms with Gasteiger partial charge in [-0.25, -0.2) is 0 Å². The highest BCUT2D eigenvalue weighted by Crippen LogP contribution is 2.33. The third kappa shape index (κ3) is 21.0. The molecule has 1 amide bonds. The molecule has 0 aromatic rings. The molecule has 0 aromatic carbocycles. The first-order valence-corrected chi connectivity index (χ1v) is 25.4. The molecule has 0 bridgehead atoms. The van der Waals surface area contributed by atoms with E-state index in [9.17, 15) is 61.0 Å². The molecule has 3 fully saturated rings. The minimum absolute atomic E-state index is 0.220. The third-order valence-corrected chi connectivity index (χ3v) is 12.7. The van der Waals surface area contributed by atoms with Gasteiger partial charge in [0.2, 0.25) is 5.91 Å². The molecule has 3 saturated heterocycles. The second-order valence-corrected chi connectivity index (χ2v) is 18.3. The van der Waals surface area contributed by atoms with Crippen molar-refractivity contribution in [1.82, 2.24) is 5.32 Å². The van der Waals surface area contributed by atoms with Crippen molar-refractivity contribution in [2.75, 3.05) is 26.4 Å². The molecular weight excluding hydrogens is 903 g/mol. The first-order chi connectivity index (χ1) is 33.3. The fourth-order valence-corrected chi connectivity index (χ4v) is 8.40. The summed E-state index contributed by atoms with van der Waals surface area (Å²) >= 11 is 0. The molecule has 0 saturated carbocycles. The topological polar surface area (TPSA) is 307 Å². The van der Waals surface area contributed by atoms with E-state index in [0.29, 0.717) is 12.8 Å². The summed E-state index contributed by atoms with van der Waals surface area (Å²) in [5.74, 6) is -0.306. The molecule has 0 aliphatic carbocycles. The average Bonchev–Trinajstić information content (AvgIpc) is 3.34. The highest BCUT2D eigenvalue weighted by molar-refractivity contribution is 5.76. The van der Waals surface area contributed by atoms with E-state index in [4.69, 9.17) is 28.4 Å². The van der Waals surface area contributed by atoms with E-state index in [1.165, 1.54) is 38.5 Å². The second-order valence-electron chi connectivity index (χ2n) is 18.3. The van der Waals surface area contributed by atoms with Crippen molar-refractivity contribution in [3.05, 3.63) is 48.6 Å². The van der Waals surface area contributed by atoms with Crippen LogP contribution >= 0.6 is 0 Å². The Morgan fingerprint density at radius 1 is 0.536 bits per heavy atom. The maximum atomic E-state index is 13.2. The molecule has 0 spiro atoms. The van der Waals surface area contributed by atoms with E-state index in [2.05, 4.69) is 42.6 Å². The summed E-state index contributed by atoms with van der Waals surface area (Å²) < 4.78 is 34.0. The zero-order valence-corrected chi connectivity index (χ0v) is 40.8. The van der Waals surface area contributed by atoms with E-state index in [-0.39, 0.29) is 18.9 Å². The molecule has 3 rings (SSSR count). The van der Waals surface area contributed by atoms with Crippen molar-refractivity contribution >= 4 is 5.91 Å². The first-order valence-electron chi connectivity index (χ1n) is 25.4. The zero-order valence-electron chi connectivity index (χ0n) is 40.8. The van der Waals surface area contributed by atoms with Gasteiger partial charge in [0, 0.05) is 6.42 Å². The summed E-state index contributed by atoms with van der Waals surface area (Å²) in [7, 11) is 0. The van der Waals surface area contributed by atoms with Gasteiger partial charge in [-0.3, -0.25) is 4.79 Å². The number of ether oxygens (including phenoxy) is 6. The van der Waals surface area contributed by atoms with Crippen LogP contribution in [0.3, 0.4) is 0 Å². The number of nitrogens with one attached hydrogen (secondary N) is 1. The number of amides is 1. The van der Waals surface area contributed by atoms with Gasteiger partial charge in [-0.05, 0) is 64.7 Å². The van der Waals surface area contributed by atoms with Gasteiger partial charge in [0.1, 0.15) is 73.2 Å². The summed E-state index contributed by atoms with van der Waals surface area (Å²) in [6.45, 7) is 1.39. The lowest BCUT2D eigenvalue weighted by atomic mass is 9.96. The molecule has 0 aromatic heterocycles. The fourth-order valence-electron chi connectivity index (χ4n) is 8.40. The lowest BCUT2D eigenvalue weighted by Crippen LogP contribution is -2.66.